The van der Waals surface area contributed by atoms with E-state index in [2.05, 4.69) is 10.1 Å². The van der Waals surface area contributed by atoms with E-state index in [1.807, 2.05) is 6.07 Å². The number of carbonyl (C=O) groups is 1. The van der Waals surface area contributed by atoms with Crippen LogP contribution in [0.15, 0.2) is 29.4 Å². The first-order valence-electron chi connectivity index (χ1n) is 7.40. The molecule has 0 amide bonds. The van der Waals surface area contributed by atoms with Gasteiger partial charge in [0.2, 0.25) is 0 Å². The number of oxime groups is 1. The molecule has 0 saturated heterocycles. The molecular weight excluding hydrogens is 316 g/mol. The summed E-state index contributed by atoms with van der Waals surface area (Å²) in [5.41, 5.74) is 13.6. The van der Waals surface area contributed by atoms with Gasteiger partial charge in [0.1, 0.15) is 7.11 Å². The lowest BCUT2D eigenvalue weighted by molar-refractivity contribution is 0.0843. The van der Waals surface area contributed by atoms with Crippen molar-refractivity contribution in [2.75, 3.05) is 7.11 Å². The number of nitrogens with zero attached hydrogens (tertiary/aromatic N) is 1. The highest BCUT2D eigenvalue weighted by Gasteiger charge is 2.44. The van der Waals surface area contributed by atoms with Crippen molar-refractivity contribution in [2.45, 2.75) is 30.8 Å². The molecule has 1 aromatic carbocycles. The fourth-order valence-corrected chi connectivity index (χ4v) is 3.23. The van der Waals surface area contributed by atoms with E-state index >= 15 is 0 Å². The molecule has 7 heteroatoms. The Morgan fingerprint density at radius 1 is 1.48 bits per heavy atom. The minimum Gasteiger partial charge on any atom is -0.399 e. The van der Waals surface area contributed by atoms with Crippen LogP contribution < -0.4 is 11.5 Å². The SMILES string of the molecule is CO/N=C1/CCC(N)(C(=O)c2cc3cc(Cl)ccc3[nH]2)C(N)C1. The van der Waals surface area contributed by atoms with Gasteiger partial charge in [-0.05, 0) is 37.1 Å². The third kappa shape index (κ3) is 2.85. The quantitative estimate of drug-likeness (QED) is 0.591. The number of hydrogen-bond donors (Lipinski definition) is 3. The van der Waals surface area contributed by atoms with Crippen LogP contribution in [-0.2, 0) is 4.84 Å². The number of aromatic amines is 1. The van der Waals surface area contributed by atoms with Gasteiger partial charge in [-0.1, -0.05) is 16.8 Å². The van der Waals surface area contributed by atoms with Crippen LogP contribution in [0.25, 0.3) is 10.9 Å². The average Bonchev–Trinajstić information content (AvgIpc) is 2.93. The summed E-state index contributed by atoms with van der Waals surface area (Å²) in [4.78, 5) is 20.8. The van der Waals surface area contributed by atoms with Gasteiger partial charge in [0.15, 0.2) is 5.78 Å². The van der Waals surface area contributed by atoms with Crippen LogP contribution in [0.5, 0.6) is 0 Å². The molecule has 6 nitrogen and oxygen atoms in total. The van der Waals surface area contributed by atoms with Crippen molar-refractivity contribution in [3.05, 3.63) is 35.0 Å². The number of halogens is 1. The Hall–Kier alpha value is -1.89. The maximum atomic E-state index is 12.9. The highest BCUT2D eigenvalue weighted by atomic mass is 35.5. The van der Waals surface area contributed by atoms with Crippen molar-refractivity contribution in [3.63, 3.8) is 0 Å². The number of hydrogen-bond acceptors (Lipinski definition) is 5. The van der Waals surface area contributed by atoms with E-state index in [4.69, 9.17) is 27.9 Å². The molecule has 0 spiro atoms. The zero-order valence-corrected chi connectivity index (χ0v) is 13.6. The van der Waals surface area contributed by atoms with Crippen molar-refractivity contribution in [1.29, 1.82) is 0 Å². The summed E-state index contributed by atoms with van der Waals surface area (Å²) in [5.74, 6) is -0.186. The highest BCUT2D eigenvalue weighted by molar-refractivity contribution is 6.31. The van der Waals surface area contributed by atoms with Gasteiger partial charge in [-0.2, -0.15) is 0 Å². The van der Waals surface area contributed by atoms with Crippen molar-refractivity contribution >= 4 is 34.0 Å². The third-order valence-electron chi connectivity index (χ3n) is 4.42. The molecule has 1 saturated carbocycles. The number of nitrogens with one attached hydrogen (secondary N) is 1. The smallest absolute Gasteiger partial charge is 0.200 e. The second-order valence-corrected chi connectivity index (χ2v) is 6.37. The molecule has 2 atom stereocenters. The maximum Gasteiger partial charge on any atom is 0.200 e. The van der Waals surface area contributed by atoms with Crippen LogP contribution in [0.3, 0.4) is 0 Å². The molecule has 3 rings (SSSR count). The predicted octanol–water partition coefficient (Wildman–Crippen LogP) is 2.22. The number of benzene rings is 1. The summed E-state index contributed by atoms with van der Waals surface area (Å²) in [6.45, 7) is 0. The summed E-state index contributed by atoms with van der Waals surface area (Å²) in [6, 6.07) is 6.67. The molecule has 1 aliphatic carbocycles. The molecule has 1 aliphatic rings. The van der Waals surface area contributed by atoms with Crippen LogP contribution >= 0.6 is 11.6 Å². The number of nitrogens with two attached hydrogens (primary N) is 2. The Morgan fingerprint density at radius 2 is 2.26 bits per heavy atom. The lowest BCUT2D eigenvalue weighted by Crippen LogP contribution is -2.63. The highest BCUT2D eigenvalue weighted by Crippen LogP contribution is 2.29. The van der Waals surface area contributed by atoms with Gasteiger partial charge in [0.05, 0.1) is 16.9 Å². The molecule has 1 fully saturated rings. The number of Topliss-reactive ketones (excluding diaryl/α,β-unsaturated/α-hetero) is 1. The first kappa shape index (κ1) is 16.0. The second kappa shape index (κ2) is 5.96. The number of aromatic nitrogens is 1. The summed E-state index contributed by atoms with van der Waals surface area (Å²) < 4.78 is 0. The van der Waals surface area contributed by atoms with E-state index in [1.165, 1.54) is 7.11 Å². The summed E-state index contributed by atoms with van der Waals surface area (Å²) in [7, 11) is 1.49. The predicted molar refractivity (Wildman–Crippen MR) is 90.8 cm³/mol. The van der Waals surface area contributed by atoms with E-state index in [0.717, 1.165) is 16.6 Å². The average molecular weight is 335 g/mol. The molecule has 0 radical (unpaired) electrons. The van der Waals surface area contributed by atoms with Gasteiger partial charge in [-0.15, -0.1) is 0 Å². The van der Waals surface area contributed by atoms with Crippen LogP contribution in [0.2, 0.25) is 5.02 Å². The molecule has 0 aliphatic heterocycles. The Morgan fingerprint density at radius 3 is 2.96 bits per heavy atom. The monoisotopic (exact) mass is 334 g/mol. The minimum atomic E-state index is -1.11. The maximum absolute atomic E-state index is 12.9. The van der Waals surface area contributed by atoms with E-state index in [1.54, 1.807) is 18.2 Å². The summed E-state index contributed by atoms with van der Waals surface area (Å²) >= 11 is 5.98. The molecule has 2 aromatic rings. The van der Waals surface area contributed by atoms with E-state index in [-0.39, 0.29) is 5.78 Å². The van der Waals surface area contributed by atoms with Crippen molar-refractivity contribution < 1.29 is 9.63 Å². The molecule has 1 aromatic heterocycles. The van der Waals surface area contributed by atoms with Gasteiger partial charge in [0.25, 0.3) is 0 Å². The van der Waals surface area contributed by atoms with E-state index in [0.29, 0.717) is 30.0 Å². The largest absolute Gasteiger partial charge is 0.399 e. The molecule has 1 heterocycles. The first-order chi connectivity index (χ1) is 10.9. The topological polar surface area (TPSA) is 106 Å². The molecule has 0 bridgehead atoms. The molecule has 122 valence electrons. The van der Waals surface area contributed by atoms with Crippen molar-refractivity contribution in [1.82, 2.24) is 4.98 Å². The van der Waals surface area contributed by atoms with Crippen LogP contribution in [0, 0.1) is 0 Å². The third-order valence-corrected chi connectivity index (χ3v) is 4.65. The molecule has 23 heavy (non-hydrogen) atoms. The number of fused-ring (bicyclic) bond motifs is 1. The molecule has 5 N–H and O–H groups in total. The minimum absolute atomic E-state index is 0.186. The standard InChI is InChI=1S/C16H19ClN4O2/c1-23-21-11-4-5-16(19,14(18)8-11)15(22)13-7-9-6-10(17)2-3-12(9)20-13/h2-3,6-7,14,20H,4-5,8,18-19H2,1H3/b21-11-. The van der Waals surface area contributed by atoms with Crippen molar-refractivity contribution in [3.8, 4) is 0 Å². The Bertz CT molecular complexity index is 785. The fourth-order valence-electron chi connectivity index (χ4n) is 3.05. The Kier molecular flexibility index (Phi) is 4.14. The van der Waals surface area contributed by atoms with E-state index in [9.17, 15) is 4.79 Å². The Balaban J connectivity index is 1.90. The lowest BCUT2D eigenvalue weighted by atomic mass is 9.74. The van der Waals surface area contributed by atoms with Gasteiger partial charge >= 0.3 is 0 Å². The van der Waals surface area contributed by atoms with Crippen molar-refractivity contribution in [2.24, 2.45) is 16.6 Å². The number of rotatable bonds is 3. The van der Waals surface area contributed by atoms with Crippen LogP contribution in [-0.4, -0.2) is 35.2 Å². The van der Waals surface area contributed by atoms with Crippen LogP contribution in [0.1, 0.15) is 29.8 Å². The number of H-pyrrole nitrogens is 1. The normalized spacial score (nSPS) is 26.6. The number of ketones is 1. The zero-order valence-electron chi connectivity index (χ0n) is 12.8. The van der Waals surface area contributed by atoms with Gasteiger partial charge in [0, 0.05) is 28.4 Å². The summed E-state index contributed by atoms with van der Waals surface area (Å²) in [6.07, 6.45) is 1.48. The van der Waals surface area contributed by atoms with Gasteiger partial charge in [-0.25, -0.2) is 0 Å². The van der Waals surface area contributed by atoms with Crippen LogP contribution in [0.4, 0.5) is 0 Å². The first-order valence-corrected chi connectivity index (χ1v) is 7.78. The lowest BCUT2D eigenvalue weighted by Gasteiger charge is -2.37. The van der Waals surface area contributed by atoms with E-state index < -0.39 is 11.6 Å². The second-order valence-electron chi connectivity index (χ2n) is 5.93. The molecule has 2 unspecified atom stereocenters. The van der Waals surface area contributed by atoms with Gasteiger partial charge < -0.3 is 21.3 Å². The fraction of sp³-hybridized carbons (Fsp3) is 0.375. The zero-order chi connectivity index (χ0) is 16.6. The molecular formula is C16H19ClN4O2. The Labute approximate surface area is 138 Å². The summed E-state index contributed by atoms with van der Waals surface area (Å²) in [5, 5.41) is 5.41. The van der Waals surface area contributed by atoms with Gasteiger partial charge in [-0.3, -0.25) is 4.79 Å². The number of carbonyl (C=O) groups excluding carboxylic acids is 1.